The van der Waals surface area contributed by atoms with Gasteiger partial charge in [0.15, 0.2) is 0 Å². The first-order valence-electron chi connectivity index (χ1n) is 7.75. The molecule has 0 aromatic heterocycles. The number of rotatable bonds is 8. The lowest BCUT2D eigenvalue weighted by molar-refractivity contribution is -0.136. The maximum atomic E-state index is 12.0. The number of amides is 1. The molecule has 2 rings (SSSR count). The highest BCUT2D eigenvalue weighted by Crippen LogP contribution is 2.38. The summed E-state index contributed by atoms with van der Waals surface area (Å²) in [7, 11) is 1.89. The van der Waals surface area contributed by atoms with Crippen molar-refractivity contribution in [3.8, 4) is 11.5 Å². The number of fused-ring (bicyclic) bond motifs is 1. The van der Waals surface area contributed by atoms with E-state index in [0.29, 0.717) is 18.8 Å². The summed E-state index contributed by atoms with van der Waals surface area (Å²) in [6, 6.07) is 4.64. The number of carbonyl (C=O) groups is 2. The number of hydrogen-bond acceptors (Lipinski definition) is 6. The van der Waals surface area contributed by atoms with Crippen LogP contribution in [0.3, 0.4) is 0 Å². The highest BCUT2D eigenvalue weighted by Gasteiger charge is 2.29. The van der Waals surface area contributed by atoms with Crippen LogP contribution in [0.25, 0.3) is 0 Å². The highest BCUT2D eigenvalue weighted by atomic mass is 16.5. The van der Waals surface area contributed by atoms with Gasteiger partial charge in [-0.25, -0.2) is 0 Å². The third kappa shape index (κ3) is 5.22. The Kier molecular flexibility index (Phi) is 6.37. The number of aromatic hydroxyl groups is 1. The second kappa shape index (κ2) is 8.50. The van der Waals surface area contributed by atoms with Crippen LogP contribution in [0.15, 0.2) is 18.2 Å². The molecule has 0 spiro atoms. The smallest absolute Gasteiger partial charge is 0.311 e. The molecule has 23 heavy (non-hydrogen) atoms. The van der Waals surface area contributed by atoms with Crippen molar-refractivity contribution in [2.24, 2.45) is 0 Å². The van der Waals surface area contributed by atoms with Crippen LogP contribution in [0.2, 0.25) is 0 Å². The fourth-order valence-electron chi connectivity index (χ4n) is 2.53. The molecule has 0 saturated heterocycles. The van der Waals surface area contributed by atoms with Crippen LogP contribution in [-0.2, 0) is 9.59 Å². The molecule has 1 aromatic rings. The van der Waals surface area contributed by atoms with Gasteiger partial charge in [0.1, 0.15) is 11.5 Å². The average molecular weight is 321 g/mol. The predicted octanol–water partition coefficient (Wildman–Crippen LogP) is 0.100. The first-order chi connectivity index (χ1) is 11.1. The summed E-state index contributed by atoms with van der Waals surface area (Å²) in [5, 5.41) is 18.5. The molecular formula is C16H23N3O4. The average Bonchev–Trinajstić information content (AvgIpc) is 2.50. The molecule has 0 aliphatic carbocycles. The number of esters is 1. The van der Waals surface area contributed by atoms with E-state index in [1.54, 1.807) is 6.07 Å². The van der Waals surface area contributed by atoms with E-state index in [0.717, 1.165) is 18.7 Å². The van der Waals surface area contributed by atoms with Gasteiger partial charge >= 0.3 is 5.97 Å². The summed E-state index contributed by atoms with van der Waals surface area (Å²) in [5.74, 6) is -0.319. The van der Waals surface area contributed by atoms with Gasteiger partial charge in [0.05, 0.1) is 6.42 Å². The predicted molar refractivity (Wildman–Crippen MR) is 85.5 cm³/mol. The zero-order valence-electron chi connectivity index (χ0n) is 13.2. The molecule has 0 fully saturated rings. The topological polar surface area (TPSA) is 99.7 Å². The number of ether oxygens (including phenoxy) is 1. The molecule has 0 saturated carbocycles. The van der Waals surface area contributed by atoms with Crippen LogP contribution in [0.1, 0.15) is 24.3 Å². The van der Waals surface area contributed by atoms with Crippen molar-refractivity contribution in [2.75, 3.05) is 33.2 Å². The number of phenols is 1. The quantitative estimate of drug-likeness (QED) is 0.308. The van der Waals surface area contributed by atoms with Crippen molar-refractivity contribution >= 4 is 11.9 Å². The number of likely N-dealkylation sites (N-methyl/N-ethyl adjacent to an activating group) is 1. The van der Waals surface area contributed by atoms with E-state index in [2.05, 4.69) is 16.0 Å². The lowest BCUT2D eigenvalue weighted by Gasteiger charge is -2.24. The SMILES string of the molecule is CNCCNCCNC(=O)CC1CC(=O)Oc2cc(O)ccc21. The molecule has 1 atom stereocenters. The van der Waals surface area contributed by atoms with Gasteiger partial charge in [0.2, 0.25) is 5.91 Å². The fourth-order valence-corrected chi connectivity index (χ4v) is 2.53. The minimum absolute atomic E-state index is 0.0364. The molecule has 1 heterocycles. The Morgan fingerprint density at radius 2 is 2.09 bits per heavy atom. The molecule has 1 aliphatic rings. The van der Waals surface area contributed by atoms with Crippen molar-refractivity contribution in [3.05, 3.63) is 23.8 Å². The van der Waals surface area contributed by atoms with Gasteiger partial charge in [-0.15, -0.1) is 0 Å². The van der Waals surface area contributed by atoms with Crippen molar-refractivity contribution < 1.29 is 19.4 Å². The van der Waals surface area contributed by atoms with Gasteiger partial charge in [0.25, 0.3) is 0 Å². The van der Waals surface area contributed by atoms with Gasteiger partial charge < -0.3 is 25.8 Å². The lowest BCUT2D eigenvalue weighted by Crippen LogP contribution is -2.35. The molecule has 126 valence electrons. The minimum Gasteiger partial charge on any atom is -0.508 e. The van der Waals surface area contributed by atoms with Crippen LogP contribution in [0, 0.1) is 0 Å². The van der Waals surface area contributed by atoms with Gasteiger partial charge in [0, 0.05) is 44.6 Å². The maximum absolute atomic E-state index is 12.0. The van der Waals surface area contributed by atoms with Crippen LogP contribution in [0.5, 0.6) is 11.5 Å². The number of carbonyl (C=O) groups excluding carboxylic acids is 2. The number of hydrogen-bond donors (Lipinski definition) is 4. The number of nitrogens with one attached hydrogen (secondary N) is 3. The number of phenolic OH excluding ortho intramolecular Hbond substituents is 1. The van der Waals surface area contributed by atoms with Gasteiger partial charge in [-0.3, -0.25) is 9.59 Å². The Morgan fingerprint density at radius 3 is 2.87 bits per heavy atom. The fraction of sp³-hybridized carbons (Fsp3) is 0.500. The zero-order chi connectivity index (χ0) is 16.7. The molecule has 0 bridgehead atoms. The Labute approximate surface area is 135 Å². The normalized spacial score (nSPS) is 16.6. The standard InChI is InChI=1S/C16H23N3O4/c1-17-4-5-18-6-7-19-15(21)8-11-9-16(22)23-14-10-12(20)2-3-13(11)14/h2-3,10-11,17-18,20H,4-9H2,1H3,(H,19,21). The minimum atomic E-state index is -0.380. The summed E-state index contributed by atoms with van der Waals surface area (Å²) < 4.78 is 5.11. The van der Waals surface area contributed by atoms with Gasteiger partial charge in [-0.05, 0) is 18.7 Å². The molecule has 1 aliphatic heterocycles. The van der Waals surface area contributed by atoms with E-state index < -0.39 is 0 Å². The molecule has 7 nitrogen and oxygen atoms in total. The molecule has 1 amide bonds. The van der Waals surface area contributed by atoms with E-state index in [9.17, 15) is 14.7 Å². The van der Waals surface area contributed by atoms with Crippen LogP contribution in [-0.4, -0.2) is 50.2 Å². The lowest BCUT2D eigenvalue weighted by atomic mass is 9.89. The van der Waals surface area contributed by atoms with Crippen LogP contribution < -0.4 is 20.7 Å². The first-order valence-corrected chi connectivity index (χ1v) is 7.75. The largest absolute Gasteiger partial charge is 0.508 e. The van der Waals surface area contributed by atoms with Crippen molar-refractivity contribution in [1.82, 2.24) is 16.0 Å². The third-order valence-electron chi connectivity index (χ3n) is 3.68. The third-order valence-corrected chi connectivity index (χ3v) is 3.68. The van der Waals surface area contributed by atoms with Gasteiger partial charge in [-0.1, -0.05) is 6.07 Å². The van der Waals surface area contributed by atoms with Crippen LogP contribution >= 0.6 is 0 Å². The molecule has 7 heteroatoms. The Bertz CT molecular complexity index is 562. The van der Waals surface area contributed by atoms with Crippen molar-refractivity contribution in [1.29, 1.82) is 0 Å². The first kappa shape index (κ1) is 17.2. The van der Waals surface area contributed by atoms with E-state index in [4.69, 9.17) is 4.74 Å². The molecule has 0 radical (unpaired) electrons. The molecular weight excluding hydrogens is 298 g/mol. The van der Waals surface area contributed by atoms with Crippen molar-refractivity contribution in [2.45, 2.75) is 18.8 Å². The Morgan fingerprint density at radius 1 is 1.30 bits per heavy atom. The summed E-state index contributed by atoms with van der Waals surface area (Å²) >= 11 is 0. The van der Waals surface area contributed by atoms with Gasteiger partial charge in [-0.2, -0.15) is 0 Å². The second-order valence-electron chi connectivity index (χ2n) is 5.50. The number of benzene rings is 1. The zero-order valence-corrected chi connectivity index (χ0v) is 13.2. The Balaban J connectivity index is 1.83. The molecule has 1 aromatic carbocycles. The summed E-state index contributed by atoms with van der Waals surface area (Å²) in [6.45, 7) is 2.96. The van der Waals surface area contributed by atoms with E-state index in [1.807, 2.05) is 7.05 Å². The maximum Gasteiger partial charge on any atom is 0.311 e. The van der Waals surface area contributed by atoms with E-state index >= 15 is 0 Å². The van der Waals surface area contributed by atoms with Crippen LogP contribution in [0.4, 0.5) is 0 Å². The monoisotopic (exact) mass is 321 g/mol. The molecule has 4 N–H and O–H groups in total. The summed E-state index contributed by atoms with van der Waals surface area (Å²) in [4.78, 5) is 23.7. The second-order valence-corrected chi connectivity index (χ2v) is 5.50. The summed E-state index contributed by atoms with van der Waals surface area (Å²) in [6.07, 6.45) is 0.398. The molecule has 1 unspecified atom stereocenters. The highest BCUT2D eigenvalue weighted by molar-refractivity contribution is 5.81. The van der Waals surface area contributed by atoms with Crippen molar-refractivity contribution in [3.63, 3.8) is 0 Å². The summed E-state index contributed by atoms with van der Waals surface area (Å²) in [5.41, 5.74) is 0.782. The van der Waals surface area contributed by atoms with E-state index in [1.165, 1.54) is 12.1 Å². The Hall–Kier alpha value is -2.12. The van der Waals surface area contributed by atoms with E-state index in [-0.39, 0.29) is 36.4 Å².